The normalized spacial score (nSPS) is 13.0. The van der Waals surface area contributed by atoms with Crippen molar-refractivity contribution in [2.24, 2.45) is 0 Å². The van der Waals surface area contributed by atoms with Crippen molar-refractivity contribution in [1.29, 1.82) is 0 Å². The molecule has 0 aliphatic carbocycles. The Kier molecular flexibility index (Phi) is 3.10. The van der Waals surface area contributed by atoms with Gasteiger partial charge >= 0.3 is 0 Å². The number of halogens is 2. The minimum atomic E-state index is -0.128. The van der Waals surface area contributed by atoms with Crippen molar-refractivity contribution in [3.63, 3.8) is 0 Å². The van der Waals surface area contributed by atoms with Gasteiger partial charge in [-0.3, -0.25) is 4.79 Å². The quantitative estimate of drug-likeness (QED) is 0.583. The molecule has 1 atom stereocenters. The van der Waals surface area contributed by atoms with Crippen molar-refractivity contribution in [3.8, 4) is 0 Å². The third kappa shape index (κ3) is 2.29. The molecule has 0 bridgehead atoms. The molecule has 0 amide bonds. The zero-order valence-corrected chi connectivity index (χ0v) is 8.96. The van der Waals surface area contributed by atoms with Gasteiger partial charge in [0.05, 0.1) is 14.7 Å². The van der Waals surface area contributed by atoms with Crippen LogP contribution in [0.4, 0.5) is 0 Å². The molecule has 1 rings (SSSR count). The highest BCUT2D eigenvalue weighted by Crippen LogP contribution is 2.21. The molecule has 1 heterocycles. The van der Waals surface area contributed by atoms with E-state index in [-0.39, 0.29) is 10.6 Å². The van der Waals surface area contributed by atoms with E-state index < -0.39 is 0 Å². The third-order valence-electron chi connectivity index (χ3n) is 1.17. The lowest BCUT2D eigenvalue weighted by Crippen LogP contribution is -2.07. The fraction of sp³-hybridized carbons (Fsp3) is 0.286. The average molecular weight is 254 g/mol. The number of rotatable bonds is 2. The van der Waals surface area contributed by atoms with Crippen LogP contribution < -0.4 is 0 Å². The summed E-state index contributed by atoms with van der Waals surface area (Å²) in [4.78, 5) is 11.8. The monoisotopic (exact) mass is 252 g/mol. The zero-order chi connectivity index (χ0) is 8.43. The van der Waals surface area contributed by atoms with Crippen molar-refractivity contribution < 1.29 is 4.79 Å². The third-order valence-corrected chi connectivity index (χ3v) is 2.88. The molecule has 1 aromatic heterocycles. The van der Waals surface area contributed by atoms with Gasteiger partial charge in [-0.1, -0.05) is 27.5 Å². The summed E-state index contributed by atoms with van der Waals surface area (Å²) >= 11 is 10.2. The van der Waals surface area contributed by atoms with E-state index in [0.29, 0.717) is 9.90 Å². The van der Waals surface area contributed by atoms with E-state index in [2.05, 4.69) is 15.9 Å². The number of carbonyl (C=O) groups is 1. The van der Waals surface area contributed by atoms with E-state index in [1.54, 1.807) is 18.4 Å². The van der Waals surface area contributed by atoms with E-state index in [1.165, 1.54) is 11.3 Å². The summed E-state index contributed by atoms with van der Waals surface area (Å²) in [6, 6.07) is 1.69. The average Bonchev–Trinajstić information content (AvgIpc) is 2.34. The molecular formula is C7H6BrClOS. The van der Waals surface area contributed by atoms with Gasteiger partial charge in [0.2, 0.25) is 0 Å². The van der Waals surface area contributed by atoms with Gasteiger partial charge in [-0.05, 0) is 13.0 Å². The number of thiophene rings is 1. The minimum Gasteiger partial charge on any atom is -0.292 e. The molecule has 4 heteroatoms. The summed E-state index contributed by atoms with van der Waals surface area (Å²) in [5.74, 6) is 0.0851. The minimum absolute atomic E-state index is 0.0851. The summed E-state index contributed by atoms with van der Waals surface area (Å²) in [7, 11) is 0. The first kappa shape index (κ1) is 9.23. The van der Waals surface area contributed by atoms with Gasteiger partial charge in [0.15, 0.2) is 5.78 Å². The number of alkyl halides is 1. The smallest absolute Gasteiger partial charge is 0.186 e. The molecule has 60 valence electrons. The Morgan fingerprint density at radius 2 is 2.45 bits per heavy atom. The number of hydrogen-bond acceptors (Lipinski definition) is 2. The highest BCUT2D eigenvalue weighted by Gasteiger charge is 2.13. The molecule has 0 aliphatic heterocycles. The van der Waals surface area contributed by atoms with Crippen LogP contribution in [0.5, 0.6) is 0 Å². The summed E-state index contributed by atoms with van der Waals surface area (Å²) in [5.41, 5.74) is 0. The van der Waals surface area contributed by atoms with E-state index >= 15 is 0 Å². The fourth-order valence-electron chi connectivity index (χ4n) is 0.638. The van der Waals surface area contributed by atoms with Crippen LogP contribution in [0, 0.1) is 0 Å². The number of carbonyl (C=O) groups excluding carboxylic acids is 1. The van der Waals surface area contributed by atoms with E-state index in [0.717, 1.165) is 0 Å². The Morgan fingerprint density at radius 3 is 2.82 bits per heavy atom. The summed E-state index contributed by atoms with van der Waals surface area (Å²) in [6.45, 7) is 1.80. The second kappa shape index (κ2) is 3.70. The molecule has 0 saturated heterocycles. The summed E-state index contributed by atoms with van der Waals surface area (Å²) < 4.78 is 0. The van der Waals surface area contributed by atoms with Gasteiger partial charge in [0.25, 0.3) is 0 Å². The van der Waals surface area contributed by atoms with Gasteiger partial charge in [-0.25, -0.2) is 0 Å². The highest BCUT2D eigenvalue weighted by molar-refractivity contribution is 9.10. The first-order chi connectivity index (χ1) is 5.11. The first-order valence-electron chi connectivity index (χ1n) is 3.03. The maximum Gasteiger partial charge on any atom is 0.186 e. The number of ketones is 1. The second-order valence-electron chi connectivity index (χ2n) is 2.11. The topological polar surface area (TPSA) is 17.1 Å². The van der Waals surface area contributed by atoms with Gasteiger partial charge < -0.3 is 0 Å². The molecule has 0 radical (unpaired) electrons. The lowest BCUT2D eigenvalue weighted by Gasteiger charge is -1.96. The van der Waals surface area contributed by atoms with E-state index in [4.69, 9.17) is 11.6 Å². The highest BCUT2D eigenvalue weighted by atomic mass is 79.9. The van der Waals surface area contributed by atoms with Crippen LogP contribution in [-0.4, -0.2) is 10.6 Å². The van der Waals surface area contributed by atoms with Crippen LogP contribution in [0.25, 0.3) is 0 Å². The SMILES string of the molecule is CC(Br)C(=O)c1cc(Cl)cs1. The number of Topliss-reactive ketones (excluding diaryl/α,β-unsaturated/α-hetero) is 1. The van der Waals surface area contributed by atoms with Gasteiger partial charge in [0, 0.05) is 5.38 Å². The van der Waals surface area contributed by atoms with Gasteiger partial charge in [-0.15, -0.1) is 11.3 Å². The van der Waals surface area contributed by atoms with Crippen LogP contribution in [0.3, 0.4) is 0 Å². The lowest BCUT2D eigenvalue weighted by atomic mass is 10.3. The Labute approximate surface area is 82.5 Å². The molecule has 0 aromatic carbocycles. The molecule has 1 unspecified atom stereocenters. The number of hydrogen-bond donors (Lipinski definition) is 0. The Morgan fingerprint density at radius 1 is 1.82 bits per heavy atom. The van der Waals surface area contributed by atoms with E-state index in [1.807, 2.05) is 0 Å². The van der Waals surface area contributed by atoms with Crippen molar-refractivity contribution >= 4 is 44.7 Å². The van der Waals surface area contributed by atoms with Crippen LogP contribution in [0.1, 0.15) is 16.6 Å². The van der Waals surface area contributed by atoms with Crippen LogP contribution >= 0.6 is 38.9 Å². The Balaban J connectivity index is 2.85. The van der Waals surface area contributed by atoms with Gasteiger partial charge in [-0.2, -0.15) is 0 Å². The molecule has 11 heavy (non-hydrogen) atoms. The second-order valence-corrected chi connectivity index (χ2v) is 4.83. The maximum atomic E-state index is 11.3. The van der Waals surface area contributed by atoms with Crippen molar-refractivity contribution in [2.75, 3.05) is 0 Å². The molecule has 1 aromatic rings. The molecule has 0 aliphatic rings. The van der Waals surface area contributed by atoms with E-state index in [9.17, 15) is 4.79 Å². The van der Waals surface area contributed by atoms with Crippen LogP contribution in [0.2, 0.25) is 5.02 Å². The molecule has 0 spiro atoms. The van der Waals surface area contributed by atoms with Crippen molar-refractivity contribution in [3.05, 3.63) is 21.3 Å². The molecule has 0 N–H and O–H groups in total. The predicted octanol–water partition coefficient (Wildman–Crippen LogP) is 3.37. The summed E-state index contributed by atoms with van der Waals surface area (Å²) in [5, 5.41) is 2.39. The molecule has 1 nitrogen and oxygen atoms in total. The van der Waals surface area contributed by atoms with Crippen LogP contribution in [-0.2, 0) is 0 Å². The summed E-state index contributed by atoms with van der Waals surface area (Å²) in [6.07, 6.45) is 0. The van der Waals surface area contributed by atoms with Gasteiger partial charge in [0.1, 0.15) is 0 Å². The van der Waals surface area contributed by atoms with Crippen LogP contribution in [0.15, 0.2) is 11.4 Å². The predicted molar refractivity (Wildman–Crippen MR) is 52.0 cm³/mol. The first-order valence-corrected chi connectivity index (χ1v) is 5.21. The van der Waals surface area contributed by atoms with Crippen molar-refractivity contribution in [1.82, 2.24) is 0 Å². The zero-order valence-electron chi connectivity index (χ0n) is 5.80. The Hall–Kier alpha value is 0.140. The van der Waals surface area contributed by atoms with Crippen molar-refractivity contribution in [2.45, 2.75) is 11.8 Å². The standard InChI is InChI=1S/C7H6BrClOS/c1-4(8)7(10)6-2-5(9)3-11-6/h2-4H,1H3. The molecular weight excluding hydrogens is 247 g/mol. The Bertz CT molecular complexity index is 269. The fourth-order valence-corrected chi connectivity index (χ4v) is 2.14. The lowest BCUT2D eigenvalue weighted by molar-refractivity contribution is 0.0999. The largest absolute Gasteiger partial charge is 0.292 e. The maximum absolute atomic E-state index is 11.3. The molecule has 0 fully saturated rings. The molecule has 0 saturated carbocycles.